The molecule has 0 saturated carbocycles. The van der Waals surface area contributed by atoms with Crippen LogP contribution in [0.2, 0.25) is 0 Å². The van der Waals surface area contributed by atoms with Gasteiger partial charge in [0.15, 0.2) is 0 Å². The van der Waals surface area contributed by atoms with Gasteiger partial charge in [-0.25, -0.2) is 8.42 Å². The zero-order valence-electron chi connectivity index (χ0n) is 10.6. The Bertz CT molecular complexity index is 438. The largest absolute Gasteiger partial charge is 0.309 e. The summed E-state index contributed by atoms with van der Waals surface area (Å²) in [5.41, 5.74) is 1.84. The minimum absolute atomic E-state index is 0.615. The Kier molecular flexibility index (Phi) is 4.96. The van der Waals surface area contributed by atoms with Crippen LogP contribution in [0.1, 0.15) is 12.0 Å². The lowest BCUT2D eigenvalue weighted by Crippen LogP contribution is -2.13. The number of rotatable bonds is 6. The Labute approximate surface area is 104 Å². The monoisotopic (exact) mass is 256 g/mol. The van der Waals surface area contributed by atoms with Crippen molar-refractivity contribution in [2.45, 2.75) is 12.8 Å². The molecule has 0 aliphatic heterocycles. The molecule has 1 aromatic rings. The third-order valence-corrected chi connectivity index (χ3v) is 2.93. The molecule has 0 bridgehead atoms. The molecule has 0 radical (unpaired) electrons. The molecule has 0 aliphatic carbocycles. The third-order valence-electron chi connectivity index (χ3n) is 2.33. The standard InChI is InChI=1S/C12H20N2O2S/c1-14(2)10-4-5-11-6-8-12(9-7-11)13-17(3,15)16/h6-9,13H,4-5,10H2,1-3H3. The molecule has 1 aromatic carbocycles. The van der Waals surface area contributed by atoms with Gasteiger partial charge in [0.1, 0.15) is 0 Å². The molecule has 0 aliphatic rings. The Balaban J connectivity index is 2.50. The van der Waals surface area contributed by atoms with Gasteiger partial charge in [-0.1, -0.05) is 12.1 Å². The van der Waals surface area contributed by atoms with Crippen LogP contribution in [0.15, 0.2) is 24.3 Å². The molecule has 0 unspecified atom stereocenters. The van der Waals surface area contributed by atoms with E-state index in [0.29, 0.717) is 5.69 Å². The first-order valence-electron chi connectivity index (χ1n) is 5.58. The van der Waals surface area contributed by atoms with Crippen molar-refractivity contribution >= 4 is 15.7 Å². The Morgan fingerprint density at radius 3 is 2.24 bits per heavy atom. The van der Waals surface area contributed by atoms with Crippen LogP contribution in [-0.2, 0) is 16.4 Å². The fraction of sp³-hybridized carbons (Fsp3) is 0.500. The van der Waals surface area contributed by atoms with Crippen molar-refractivity contribution in [2.24, 2.45) is 0 Å². The SMILES string of the molecule is CN(C)CCCc1ccc(NS(C)(=O)=O)cc1. The molecular formula is C12H20N2O2S. The van der Waals surface area contributed by atoms with E-state index in [1.165, 1.54) is 5.56 Å². The van der Waals surface area contributed by atoms with Crippen molar-refractivity contribution in [2.75, 3.05) is 31.6 Å². The quantitative estimate of drug-likeness (QED) is 0.840. The molecule has 5 heteroatoms. The Morgan fingerprint density at radius 2 is 1.76 bits per heavy atom. The average molecular weight is 256 g/mol. The van der Waals surface area contributed by atoms with Gasteiger partial charge in [0.2, 0.25) is 10.0 Å². The first-order chi connectivity index (χ1) is 7.87. The highest BCUT2D eigenvalue weighted by molar-refractivity contribution is 7.92. The fourth-order valence-corrected chi connectivity index (χ4v) is 2.12. The van der Waals surface area contributed by atoms with Gasteiger partial charge in [0.25, 0.3) is 0 Å². The number of nitrogens with one attached hydrogen (secondary N) is 1. The molecule has 4 nitrogen and oxygen atoms in total. The van der Waals surface area contributed by atoms with E-state index in [1.54, 1.807) is 12.1 Å². The lowest BCUT2D eigenvalue weighted by molar-refractivity contribution is 0.400. The zero-order valence-corrected chi connectivity index (χ0v) is 11.4. The van der Waals surface area contributed by atoms with E-state index >= 15 is 0 Å². The van der Waals surface area contributed by atoms with Gasteiger partial charge < -0.3 is 4.90 Å². The summed E-state index contributed by atoms with van der Waals surface area (Å²) in [6.45, 7) is 1.06. The molecule has 0 amide bonds. The van der Waals surface area contributed by atoms with Crippen LogP contribution in [0, 0.1) is 0 Å². The smallest absolute Gasteiger partial charge is 0.229 e. The lowest BCUT2D eigenvalue weighted by Gasteiger charge is -2.09. The van der Waals surface area contributed by atoms with Gasteiger partial charge >= 0.3 is 0 Å². The molecule has 1 N–H and O–H groups in total. The van der Waals surface area contributed by atoms with Crippen molar-refractivity contribution in [3.05, 3.63) is 29.8 Å². The van der Waals surface area contributed by atoms with E-state index in [-0.39, 0.29) is 0 Å². The second-order valence-corrected chi connectivity index (χ2v) is 6.23. The van der Waals surface area contributed by atoms with Crippen molar-refractivity contribution in [1.82, 2.24) is 4.90 Å². The highest BCUT2D eigenvalue weighted by Gasteiger charge is 2.01. The first-order valence-corrected chi connectivity index (χ1v) is 7.47. The third kappa shape index (κ3) is 6.28. The van der Waals surface area contributed by atoms with Crippen molar-refractivity contribution in [3.63, 3.8) is 0 Å². The molecule has 0 spiro atoms. The molecule has 0 atom stereocenters. The van der Waals surface area contributed by atoms with Crippen LogP contribution in [0.25, 0.3) is 0 Å². The Morgan fingerprint density at radius 1 is 1.18 bits per heavy atom. The van der Waals surface area contributed by atoms with E-state index in [1.807, 2.05) is 12.1 Å². The fourth-order valence-electron chi connectivity index (χ4n) is 1.55. The number of benzene rings is 1. The molecular weight excluding hydrogens is 236 g/mol. The van der Waals surface area contributed by atoms with Crippen molar-refractivity contribution in [1.29, 1.82) is 0 Å². The second kappa shape index (κ2) is 6.02. The Hall–Kier alpha value is -1.07. The normalized spacial score (nSPS) is 11.8. The molecule has 0 aromatic heterocycles. The van der Waals surface area contributed by atoms with E-state index in [2.05, 4.69) is 23.7 Å². The number of anilines is 1. The first kappa shape index (κ1) is 14.0. The predicted molar refractivity (Wildman–Crippen MR) is 71.8 cm³/mol. The minimum atomic E-state index is -3.17. The van der Waals surface area contributed by atoms with Crippen LogP contribution >= 0.6 is 0 Å². The predicted octanol–water partition coefficient (Wildman–Crippen LogP) is 1.55. The maximum Gasteiger partial charge on any atom is 0.229 e. The van der Waals surface area contributed by atoms with Crippen LogP contribution in [0.4, 0.5) is 5.69 Å². The lowest BCUT2D eigenvalue weighted by atomic mass is 10.1. The summed E-state index contributed by atoms with van der Waals surface area (Å²) in [5.74, 6) is 0. The number of hydrogen-bond acceptors (Lipinski definition) is 3. The summed E-state index contributed by atoms with van der Waals surface area (Å²) in [7, 11) is 0.935. The highest BCUT2D eigenvalue weighted by atomic mass is 32.2. The average Bonchev–Trinajstić information content (AvgIpc) is 2.18. The van der Waals surface area contributed by atoms with Gasteiger partial charge in [0, 0.05) is 5.69 Å². The second-order valence-electron chi connectivity index (χ2n) is 4.48. The van der Waals surface area contributed by atoms with E-state index in [0.717, 1.165) is 25.6 Å². The molecule has 17 heavy (non-hydrogen) atoms. The molecule has 0 fully saturated rings. The summed E-state index contributed by atoms with van der Waals surface area (Å²) in [6, 6.07) is 7.52. The van der Waals surface area contributed by atoms with E-state index < -0.39 is 10.0 Å². The van der Waals surface area contributed by atoms with Gasteiger partial charge in [0.05, 0.1) is 6.26 Å². The van der Waals surface area contributed by atoms with Crippen LogP contribution < -0.4 is 4.72 Å². The van der Waals surface area contributed by atoms with Crippen molar-refractivity contribution < 1.29 is 8.42 Å². The van der Waals surface area contributed by atoms with Crippen LogP contribution in [0.3, 0.4) is 0 Å². The number of hydrogen-bond donors (Lipinski definition) is 1. The topological polar surface area (TPSA) is 49.4 Å². The van der Waals surface area contributed by atoms with E-state index in [9.17, 15) is 8.42 Å². The maximum atomic E-state index is 11.0. The van der Waals surface area contributed by atoms with Crippen LogP contribution in [-0.4, -0.2) is 40.2 Å². The number of nitrogens with zero attached hydrogens (tertiary/aromatic N) is 1. The maximum absolute atomic E-state index is 11.0. The molecule has 0 saturated heterocycles. The van der Waals surface area contributed by atoms with Crippen LogP contribution in [0.5, 0.6) is 0 Å². The molecule has 0 heterocycles. The zero-order chi connectivity index (χ0) is 12.9. The van der Waals surface area contributed by atoms with Gasteiger partial charge in [-0.3, -0.25) is 4.72 Å². The van der Waals surface area contributed by atoms with Gasteiger partial charge in [-0.15, -0.1) is 0 Å². The van der Waals surface area contributed by atoms with Crippen molar-refractivity contribution in [3.8, 4) is 0 Å². The van der Waals surface area contributed by atoms with Gasteiger partial charge in [-0.2, -0.15) is 0 Å². The highest BCUT2D eigenvalue weighted by Crippen LogP contribution is 2.12. The number of aryl methyl sites for hydroxylation is 1. The minimum Gasteiger partial charge on any atom is -0.309 e. The molecule has 1 rings (SSSR count). The summed E-state index contributed by atoms with van der Waals surface area (Å²) in [5, 5.41) is 0. The van der Waals surface area contributed by atoms with E-state index in [4.69, 9.17) is 0 Å². The summed E-state index contributed by atoms with van der Waals surface area (Å²) in [6.07, 6.45) is 3.27. The van der Waals surface area contributed by atoms with Gasteiger partial charge in [-0.05, 0) is 51.2 Å². The number of sulfonamides is 1. The summed E-state index contributed by atoms with van der Waals surface area (Å²) >= 11 is 0. The summed E-state index contributed by atoms with van der Waals surface area (Å²) in [4.78, 5) is 2.15. The molecule has 96 valence electrons. The summed E-state index contributed by atoms with van der Waals surface area (Å²) < 4.78 is 24.5.